The summed E-state index contributed by atoms with van der Waals surface area (Å²) in [6.45, 7) is 5.24. The van der Waals surface area contributed by atoms with Crippen LogP contribution in [0.15, 0.2) is 23.0 Å². The molecule has 6 nitrogen and oxygen atoms in total. The molecule has 1 aliphatic carbocycles. The number of aliphatic carboxylic acids is 1. The van der Waals surface area contributed by atoms with Crippen LogP contribution >= 0.6 is 0 Å². The van der Waals surface area contributed by atoms with E-state index >= 15 is 4.39 Å². The standard InChI is InChI=1S/C22H26FN3O3/c1-12-21-17(10-18(23)22(12)25-8-7-15(11-25)13(2)24)14(3-6-20(28)29)9-19(27)26(21)16-4-5-16/h3,6,9-10,13,15-16H,4-5,7-8,11,24H2,1-2H3,(H,28,29)/t13-,15?/m0/s1. The summed E-state index contributed by atoms with van der Waals surface area (Å²) < 4.78 is 17.0. The third-order valence-corrected chi connectivity index (χ3v) is 6.13. The number of benzene rings is 1. The van der Waals surface area contributed by atoms with Crippen LogP contribution in [-0.4, -0.2) is 34.8 Å². The van der Waals surface area contributed by atoms with Crippen molar-refractivity contribution < 1.29 is 14.3 Å². The lowest BCUT2D eigenvalue weighted by atomic mass is 10.0. The average molecular weight is 399 g/mol. The summed E-state index contributed by atoms with van der Waals surface area (Å²) in [6.07, 6.45) is 5.09. The van der Waals surface area contributed by atoms with Crippen LogP contribution in [0.4, 0.5) is 10.1 Å². The molecule has 0 spiro atoms. The van der Waals surface area contributed by atoms with E-state index in [4.69, 9.17) is 10.8 Å². The topological polar surface area (TPSA) is 88.6 Å². The van der Waals surface area contributed by atoms with Gasteiger partial charge < -0.3 is 20.3 Å². The van der Waals surface area contributed by atoms with Gasteiger partial charge in [-0.1, -0.05) is 0 Å². The van der Waals surface area contributed by atoms with Crippen molar-refractivity contribution in [2.24, 2.45) is 11.7 Å². The number of aromatic nitrogens is 1. The first-order chi connectivity index (χ1) is 13.8. The van der Waals surface area contributed by atoms with Crippen molar-refractivity contribution in [3.63, 3.8) is 0 Å². The summed E-state index contributed by atoms with van der Waals surface area (Å²) in [6, 6.07) is 3.01. The van der Waals surface area contributed by atoms with Crippen LogP contribution in [0.3, 0.4) is 0 Å². The van der Waals surface area contributed by atoms with Gasteiger partial charge in [-0.15, -0.1) is 0 Å². The Morgan fingerprint density at radius 3 is 2.66 bits per heavy atom. The van der Waals surface area contributed by atoms with Gasteiger partial charge in [0.25, 0.3) is 5.56 Å². The highest BCUT2D eigenvalue weighted by molar-refractivity contribution is 5.96. The van der Waals surface area contributed by atoms with Gasteiger partial charge in [0.1, 0.15) is 5.82 Å². The Bertz CT molecular complexity index is 1070. The van der Waals surface area contributed by atoms with Gasteiger partial charge in [-0.2, -0.15) is 0 Å². The van der Waals surface area contributed by atoms with Crippen molar-refractivity contribution >= 4 is 28.6 Å². The number of halogens is 1. The molecule has 2 atom stereocenters. The normalized spacial score (nSPS) is 20.7. The number of carboxylic acids is 1. The molecule has 2 aliphatic rings. The van der Waals surface area contributed by atoms with Crippen molar-refractivity contribution in [1.82, 2.24) is 4.57 Å². The van der Waals surface area contributed by atoms with Gasteiger partial charge in [0.05, 0.1) is 11.2 Å². The molecule has 2 fully saturated rings. The summed E-state index contributed by atoms with van der Waals surface area (Å²) in [5, 5.41) is 9.54. The van der Waals surface area contributed by atoms with Crippen LogP contribution in [0.25, 0.3) is 17.0 Å². The fourth-order valence-corrected chi connectivity index (χ4v) is 4.48. The van der Waals surface area contributed by atoms with Gasteiger partial charge in [-0.05, 0) is 62.3 Å². The highest BCUT2D eigenvalue weighted by Gasteiger charge is 2.32. The van der Waals surface area contributed by atoms with Crippen LogP contribution in [-0.2, 0) is 4.79 Å². The van der Waals surface area contributed by atoms with Crippen molar-refractivity contribution in [1.29, 1.82) is 0 Å². The largest absolute Gasteiger partial charge is 0.478 e. The second-order valence-corrected chi connectivity index (χ2v) is 8.29. The summed E-state index contributed by atoms with van der Waals surface area (Å²) in [7, 11) is 0. The van der Waals surface area contributed by atoms with Crippen LogP contribution in [0.5, 0.6) is 0 Å². The molecule has 0 radical (unpaired) electrons. The molecular formula is C22H26FN3O3. The molecule has 1 aliphatic heterocycles. The Morgan fingerprint density at radius 1 is 1.34 bits per heavy atom. The highest BCUT2D eigenvalue weighted by Crippen LogP contribution is 2.41. The maximum atomic E-state index is 15.3. The van der Waals surface area contributed by atoms with Gasteiger partial charge >= 0.3 is 5.97 Å². The van der Waals surface area contributed by atoms with Gasteiger partial charge in [0.15, 0.2) is 0 Å². The SMILES string of the molecule is Cc1c(N2CCC([C@H](C)N)C2)c(F)cc2c(C=CC(=O)O)cc(=O)n(C3CC3)c12. The Kier molecular flexibility index (Phi) is 4.94. The molecule has 3 N–H and O–H groups in total. The molecule has 0 bridgehead atoms. The molecule has 0 amide bonds. The number of hydrogen-bond donors (Lipinski definition) is 2. The lowest BCUT2D eigenvalue weighted by molar-refractivity contribution is -0.131. The molecule has 154 valence electrons. The Balaban J connectivity index is 1.93. The summed E-state index contributed by atoms with van der Waals surface area (Å²) in [5.74, 6) is -1.16. The third kappa shape index (κ3) is 3.55. The smallest absolute Gasteiger partial charge is 0.328 e. The van der Waals surface area contributed by atoms with E-state index in [-0.39, 0.29) is 23.5 Å². The van der Waals surface area contributed by atoms with Crippen LogP contribution in [0.1, 0.15) is 43.4 Å². The average Bonchev–Trinajstić information content (AvgIpc) is 3.36. The number of pyridine rings is 1. The summed E-state index contributed by atoms with van der Waals surface area (Å²) in [4.78, 5) is 25.8. The zero-order chi connectivity index (χ0) is 20.9. The third-order valence-electron chi connectivity index (χ3n) is 6.13. The summed E-state index contributed by atoms with van der Waals surface area (Å²) >= 11 is 0. The van der Waals surface area contributed by atoms with E-state index in [1.807, 2.05) is 18.7 Å². The van der Waals surface area contributed by atoms with Crippen molar-refractivity contribution in [3.05, 3.63) is 45.5 Å². The second kappa shape index (κ2) is 7.30. The van der Waals surface area contributed by atoms with E-state index in [0.717, 1.165) is 37.4 Å². The van der Waals surface area contributed by atoms with Gasteiger partial charge in [0.2, 0.25) is 0 Å². The monoisotopic (exact) mass is 399 g/mol. The number of nitrogens with zero attached hydrogens (tertiary/aromatic N) is 2. The molecule has 2 aromatic rings. The number of fused-ring (bicyclic) bond motifs is 1. The van der Waals surface area contributed by atoms with Gasteiger partial charge in [-0.3, -0.25) is 4.79 Å². The van der Waals surface area contributed by atoms with Crippen molar-refractivity contribution in [2.45, 2.75) is 45.2 Å². The van der Waals surface area contributed by atoms with Gasteiger partial charge in [0, 0.05) is 42.7 Å². The minimum atomic E-state index is -1.11. The fourth-order valence-electron chi connectivity index (χ4n) is 4.48. The number of carboxylic acid groups (broad SMARTS) is 1. The molecule has 1 aromatic heterocycles. The first kappa shape index (κ1) is 19.6. The van der Waals surface area contributed by atoms with E-state index in [9.17, 15) is 9.59 Å². The zero-order valence-corrected chi connectivity index (χ0v) is 16.7. The molecule has 2 heterocycles. The maximum Gasteiger partial charge on any atom is 0.328 e. The minimum Gasteiger partial charge on any atom is -0.478 e. The van der Waals surface area contributed by atoms with E-state index in [1.54, 1.807) is 4.57 Å². The van der Waals surface area contributed by atoms with E-state index in [2.05, 4.69) is 0 Å². The maximum absolute atomic E-state index is 15.3. The quantitative estimate of drug-likeness (QED) is 0.755. The first-order valence-electron chi connectivity index (χ1n) is 10.1. The number of anilines is 1. The van der Waals surface area contributed by atoms with E-state index < -0.39 is 5.97 Å². The Morgan fingerprint density at radius 2 is 2.07 bits per heavy atom. The van der Waals surface area contributed by atoms with Crippen molar-refractivity contribution in [2.75, 3.05) is 18.0 Å². The lowest BCUT2D eigenvalue weighted by Crippen LogP contribution is -2.30. The highest BCUT2D eigenvalue weighted by atomic mass is 19.1. The molecule has 1 saturated carbocycles. The second-order valence-electron chi connectivity index (χ2n) is 8.29. The Labute approximate surface area is 168 Å². The number of hydrogen-bond acceptors (Lipinski definition) is 4. The molecule has 7 heteroatoms. The number of aryl methyl sites for hydroxylation is 1. The van der Waals surface area contributed by atoms with E-state index in [1.165, 1.54) is 18.2 Å². The van der Waals surface area contributed by atoms with Crippen LogP contribution in [0.2, 0.25) is 0 Å². The fraction of sp³-hybridized carbons (Fsp3) is 0.455. The zero-order valence-electron chi connectivity index (χ0n) is 16.7. The number of nitrogens with two attached hydrogens (primary N) is 1. The lowest BCUT2D eigenvalue weighted by Gasteiger charge is -2.25. The van der Waals surface area contributed by atoms with Crippen molar-refractivity contribution in [3.8, 4) is 0 Å². The van der Waals surface area contributed by atoms with Crippen LogP contribution in [0, 0.1) is 18.7 Å². The molecular weight excluding hydrogens is 373 g/mol. The number of carbonyl (C=O) groups is 1. The summed E-state index contributed by atoms with van der Waals surface area (Å²) in [5.41, 5.74) is 8.24. The minimum absolute atomic E-state index is 0.0428. The first-order valence-corrected chi connectivity index (χ1v) is 10.1. The van der Waals surface area contributed by atoms with Gasteiger partial charge in [-0.25, -0.2) is 9.18 Å². The molecule has 4 rings (SSSR count). The molecule has 1 unspecified atom stereocenters. The van der Waals surface area contributed by atoms with E-state index in [0.29, 0.717) is 34.6 Å². The molecule has 1 aromatic carbocycles. The molecule has 1 saturated heterocycles. The van der Waals surface area contributed by atoms with Crippen LogP contribution < -0.4 is 16.2 Å². The molecule has 29 heavy (non-hydrogen) atoms. The predicted octanol–water partition coefficient (Wildman–Crippen LogP) is 3.06. The predicted molar refractivity (Wildman–Crippen MR) is 112 cm³/mol. The number of rotatable bonds is 5. The Hall–Kier alpha value is -2.67.